The smallest absolute Gasteiger partial charge is 0.352 e. The van der Waals surface area contributed by atoms with Crippen LogP contribution >= 0.6 is 0 Å². The molecule has 0 bridgehead atoms. The second-order valence-electron chi connectivity index (χ2n) is 4.48. The Hall–Kier alpha value is -2.45. The van der Waals surface area contributed by atoms with Crippen LogP contribution in [-0.4, -0.2) is 26.0 Å². The molecule has 2 rings (SSSR count). The van der Waals surface area contributed by atoms with Crippen LogP contribution in [0, 0.1) is 0 Å². The predicted octanol–water partition coefficient (Wildman–Crippen LogP) is 2.85. The van der Waals surface area contributed by atoms with E-state index in [1.165, 1.54) is 12.4 Å². The summed E-state index contributed by atoms with van der Waals surface area (Å²) >= 11 is 0. The lowest BCUT2D eigenvalue weighted by atomic mass is 10.3. The van der Waals surface area contributed by atoms with Crippen LogP contribution in [-0.2, 0) is 6.18 Å². The number of halogens is 3. The summed E-state index contributed by atoms with van der Waals surface area (Å²) < 4.78 is 37.7. The molecule has 0 aromatic carbocycles. The molecule has 0 aliphatic rings. The number of anilines is 3. The second kappa shape index (κ2) is 5.90. The number of hydrogen-bond donors (Lipinski definition) is 2. The van der Waals surface area contributed by atoms with E-state index in [0.29, 0.717) is 5.95 Å². The molecule has 2 aromatic rings. The summed E-state index contributed by atoms with van der Waals surface area (Å²) in [5.41, 5.74) is -0.791. The van der Waals surface area contributed by atoms with Gasteiger partial charge in [-0.3, -0.25) is 4.98 Å². The molecule has 0 saturated heterocycles. The standard InChI is InChI=1S/C12H13F3N6/c1-7(2)19-10-17-6-18-11(21-10)20-8-3-4-16-9(5-8)12(13,14)15/h3-7H,1-2H3,(H2,16,17,18,19,20,21). The second-order valence-corrected chi connectivity index (χ2v) is 4.48. The fraction of sp³-hybridized carbons (Fsp3) is 0.333. The molecular weight excluding hydrogens is 285 g/mol. The fourth-order valence-corrected chi connectivity index (χ4v) is 1.48. The highest BCUT2D eigenvalue weighted by Crippen LogP contribution is 2.29. The average Bonchev–Trinajstić information content (AvgIpc) is 2.37. The van der Waals surface area contributed by atoms with E-state index >= 15 is 0 Å². The van der Waals surface area contributed by atoms with E-state index in [2.05, 4.69) is 30.6 Å². The normalized spacial score (nSPS) is 11.5. The molecule has 0 amide bonds. The lowest BCUT2D eigenvalue weighted by Gasteiger charge is -2.10. The molecule has 21 heavy (non-hydrogen) atoms. The van der Waals surface area contributed by atoms with Gasteiger partial charge in [0, 0.05) is 17.9 Å². The maximum atomic E-state index is 12.6. The van der Waals surface area contributed by atoms with Crippen LogP contribution in [0.3, 0.4) is 0 Å². The summed E-state index contributed by atoms with van der Waals surface area (Å²) in [4.78, 5) is 15.1. The molecule has 0 spiro atoms. The Bertz CT molecular complexity index is 614. The van der Waals surface area contributed by atoms with E-state index in [1.807, 2.05) is 13.8 Å². The van der Waals surface area contributed by atoms with Gasteiger partial charge in [-0.05, 0) is 26.0 Å². The Balaban J connectivity index is 2.18. The van der Waals surface area contributed by atoms with Gasteiger partial charge in [-0.1, -0.05) is 0 Å². The van der Waals surface area contributed by atoms with Crippen molar-refractivity contribution in [2.75, 3.05) is 10.6 Å². The molecule has 0 fully saturated rings. The first-order valence-electron chi connectivity index (χ1n) is 6.10. The van der Waals surface area contributed by atoms with E-state index in [1.54, 1.807) is 0 Å². The Morgan fingerprint density at radius 3 is 2.48 bits per heavy atom. The number of alkyl halides is 3. The Labute approximate surface area is 118 Å². The van der Waals surface area contributed by atoms with Gasteiger partial charge >= 0.3 is 6.18 Å². The largest absolute Gasteiger partial charge is 0.433 e. The average molecular weight is 298 g/mol. The SMILES string of the molecule is CC(C)Nc1ncnc(Nc2ccnc(C(F)(F)F)c2)n1. The van der Waals surface area contributed by atoms with Crippen LogP contribution in [0.25, 0.3) is 0 Å². The van der Waals surface area contributed by atoms with Crippen molar-refractivity contribution in [1.82, 2.24) is 19.9 Å². The molecule has 112 valence electrons. The van der Waals surface area contributed by atoms with Gasteiger partial charge in [-0.2, -0.15) is 18.2 Å². The quantitative estimate of drug-likeness (QED) is 0.904. The van der Waals surface area contributed by atoms with E-state index in [4.69, 9.17) is 0 Å². The highest BCUT2D eigenvalue weighted by atomic mass is 19.4. The zero-order valence-corrected chi connectivity index (χ0v) is 11.3. The zero-order chi connectivity index (χ0) is 15.5. The van der Waals surface area contributed by atoms with E-state index in [9.17, 15) is 13.2 Å². The van der Waals surface area contributed by atoms with Crippen LogP contribution in [0.1, 0.15) is 19.5 Å². The summed E-state index contributed by atoms with van der Waals surface area (Å²) in [5.74, 6) is 0.486. The summed E-state index contributed by atoms with van der Waals surface area (Å²) in [6, 6.07) is 2.41. The molecule has 0 radical (unpaired) electrons. The Morgan fingerprint density at radius 2 is 1.81 bits per heavy atom. The van der Waals surface area contributed by atoms with Gasteiger partial charge in [0.1, 0.15) is 12.0 Å². The van der Waals surface area contributed by atoms with E-state index in [0.717, 1.165) is 12.3 Å². The minimum atomic E-state index is -4.50. The number of nitrogens with zero attached hydrogens (tertiary/aromatic N) is 4. The van der Waals surface area contributed by atoms with Gasteiger partial charge in [0.25, 0.3) is 0 Å². The molecule has 0 saturated carbocycles. The number of pyridine rings is 1. The van der Waals surface area contributed by atoms with Crippen LogP contribution in [0.15, 0.2) is 24.7 Å². The molecule has 2 N–H and O–H groups in total. The monoisotopic (exact) mass is 298 g/mol. The topological polar surface area (TPSA) is 75.6 Å². The highest BCUT2D eigenvalue weighted by Gasteiger charge is 2.32. The third-order valence-corrected chi connectivity index (χ3v) is 2.30. The third-order valence-electron chi connectivity index (χ3n) is 2.30. The Kier molecular flexibility index (Phi) is 4.20. The van der Waals surface area contributed by atoms with Crippen molar-refractivity contribution in [2.24, 2.45) is 0 Å². The lowest BCUT2D eigenvalue weighted by molar-refractivity contribution is -0.141. The number of aromatic nitrogens is 4. The molecular formula is C12H13F3N6. The number of hydrogen-bond acceptors (Lipinski definition) is 6. The maximum Gasteiger partial charge on any atom is 0.433 e. The van der Waals surface area contributed by atoms with Gasteiger partial charge in [0.15, 0.2) is 0 Å². The summed E-state index contributed by atoms with van der Waals surface area (Å²) in [7, 11) is 0. The van der Waals surface area contributed by atoms with Crippen LogP contribution in [0.4, 0.5) is 30.8 Å². The van der Waals surface area contributed by atoms with Crippen LogP contribution in [0.2, 0.25) is 0 Å². The van der Waals surface area contributed by atoms with Crippen molar-refractivity contribution in [2.45, 2.75) is 26.1 Å². The molecule has 2 aromatic heterocycles. The van der Waals surface area contributed by atoms with Gasteiger partial charge in [-0.15, -0.1) is 0 Å². The number of nitrogens with one attached hydrogen (secondary N) is 2. The molecule has 0 unspecified atom stereocenters. The van der Waals surface area contributed by atoms with Crippen molar-refractivity contribution in [1.29, 1.82) is 0 Å². The van der Waals surface area contributed by atoms with Crippen LogP contribution in [0.5, 0.6) is 0 Å². The molecule has 0 aliphatic heterocycles. The first-order valence-corrected chi connectivity index (χ1v) is 6.10. The van der Waals surface area contributed by atoms with Gasteiger partial charge in [0.2, 0.25) is 11.9 Å². The van der Waals surface area contributed by atoms with Crippen molar-refractivity contribution in [3.63, 3.8) is 0 Å². The molecule has 0 atom stereocenters. The van der Waals surface area contributed by atoms with Crippen LogP contribution < -0.4 is 10.6 Å². The Morgan fingerprint density at radius 1 is 1.10 bits per heavy atom. The van der Waals surface area contributed by atoms with Gasteiger partial charge in [-0.25, -0.2) is 9.97 Å². The zero-order valence-electron chi connectivity index (χ0n) is 11.3. The summed E-state index contributed by atoms with van der Waals surface area (Å²) in [5, 5.41) is 5.66. The van der Waals surface area contributed by atoms with Crippen molar-refractivity contribution in [3.8, 4) is 0 Å². The molecule has 2 heterocycles. The van der Waals surface area contributed by atoms with E-state index in [-0.39, 0.29) is 17.7 Å². The van der Waals surface area contributed by atoms with Crippen molar-refractivity contribution >= 4 is 17.6 Å². The first-order chi connectivity index (χ1) is 9.84. The minimum Gasteiger partial charge on any atom is -0.352 e. The fourth-order valence-electron chi connectivity index (χ4n) is 1.48. The molecule has 0 aliphatic carbocycles. The molecule has 9 heteroatoms. The third kappa shape index (κ3) is 4.26. The first kappa shape index (κ1) is 14.9. The van der Waals surface area contributed by atoms with Crippen molar-refractivity contribution in [3.05, 3.63) is 30.4 Å². The molecule has 6 nitrogen and oxygen atoms in total. The van der Waals surface area contributed by atoms with Crippen molar-refractivity contribution < 1.29 is 13.2 Å². The van der Waals surface area contributed by atoms with Gasteiger partial charge < -0.3 is 10.6 Å². The predicted molar refractivity (Wildman–Crippen MR) is 71.1 cm³/mol. The number of rotatable bonds is 4. The maximum absolute atomic E-state index is 12.6. The lowest BCUT2D eigenvalue weighted by Crippen LogP contribution is -2.13. The summed E-state index contributed by atoms with van der Waals surface area (Å²) in [6.07, 6.45) is -2.16. The van der Waals surface area contributed by atoms with Gasteiger partial charge in [0.05, 0.1) is 0 Å². The highest BCUT2D eigenvalue weighted by molar-refractivity contribution is 5.53. The minimum absolute atomic E-state index is 0.123. The summed E-state index contributed by atoms with van der Waals surface area (Å²) in [6.45, 7) is 3.82. The van der Waals surface area contributed by atoms with E-state index < -0.39 is 11.9 Å².